The fourth-order valence-corrected chi connectivity index (χ4v) is 12.0. The highest BCUT2D eigenvalue weighted by atomic mass is 32.1. The van der Waals surface area contributed by atoms with Crippen molar-refractivity contribution in [1.82, 2.24) is 45.5 Å². The number of rotatable bonds is 18. The van der Waals surface area contributed by atoms with Crippen LogP contribution in [0.4, 0.5) is 24.0 Å². The molecule has 3 saturated heterocycles. The number of piperazine rings is 1. The average molecular weight is 1120 g/mol. The van der Waals surface area contributed by atoms with Gasteiger partial charge in [0.25, 0.3) is 0 Å². The number of ether oxygens (including phenoxy) is 3. The first-order chi connectivity index (χ1) is 39.1. The van der Waals surface area contributed by atoms with Gasteiger partial charge in [0.05, 0.1) is 52.3 Å². The molecule has 2 bridgehead atoms. The maximum absolute atomic E-state index is 15.5. The summed E-state index contributed by atoms with van der Waals surface area (Å²) >= 11 is 0.979. The first-order valence-electron chi connectivity index (χ1n) is 26.5. The van der Waals surface area contributed by atoms with Crippen molar-refractivity contribution < 1.29 is 47.2 Å². The number of nitrogens with one attached hydrogen (secondary N) is 2. The number of β-amino-alcohol motifs (C(OH)–C–C–N with tert-alkyl or cyclic N) is 1. The number of hydrogen-bond donors (Lipinski definition) is 5. The molecule has 418 valence electrons. The zero-order valence-electron chi connectivity index (χ0n) is 44.5. The lowest BCUT2D eigenvalue weighted by atomic mass is 9.99. The quantitative estimate of drug-likeness (QED) is 0.0567. The number of nitrogens with two attached hydrogens (primary N) is 1. The molecule has 2 amide bonds. The monoisotopic (exact) mass is 1120 g/mol. The standard InChI is InChI=1S/C58H57F3N12O7S/c1-29(2)51(57(77)72-24-37(75)19-46(72)56(76)66-45(26-74)33-12-14-34(15-13-33)47-41(59)6-5-7-42(47)60)73-25-44(69-70-73)32-10-8-31(9-11-32)28-79-52-49(38-16-17-43(61)53-48(38)39(20-62)54(63)81-53)65-22-40-50(52)67-58(80-27-30(3)78-4)68-55(40)71-23-35-18-36(71)21-64-35/h5-17,22,25,29-30,35-37,45-46,51,64,74-75H,18-19,21,23-24,26-28,63H2,1-4H3,(H,66,76)/t30-,35-,36-,37+,45-,46-,51-/m0/s1. The van der Waals surface area contributed by atoms with E-state index in [0.29, 0.717) is 56.7 Å². The third kappa shape index (κ3) is 10.6. The van der Waals surface area contributed by atoms with E-state index in [1.54, 1.807) is 37.7 Å². The maximum Gasteiger partial charge on any atom is 0.319 e. The molecule has 4 aromatic carbocycles. The van der Waals surface area contributed by atoms with Crippen LogP contribution < -0.4 is 30.7 Å². The minimum absolute atomic E-state index is 0.00104. The number of benzene rings is 4. The van der Waals surface area contributed by atoms with Gasteiger partial charge in [0.2, 0.25) is 11.8 Å². The highest BCUT2D eigenvalue weighted by Crippen LogP contribution is 2.46. The van der Waals surface area contributed by atoms with Crippen LogP contribution in [0.1, 0.15) is 62.4 Å². The van der Waals surface area contributed by atoms with Gasteiger partial charge in [-0.2, -0.15) is 15.2 Å². The average Bonchev–Trinajstić information content (AvgIpc) is 4.53. The predicted octanol–water partition coefficient (Wildman–Crippen LogP) is 7.26. The number of carbonyl (C=O) groups excluding carboxylic acids is 2. The lowest BCUT2D eigenvalue weighted by Gasteiger charge is -2.30. The van der Waals surface area contributed by atoms with Crippen molar-refractivity contribution >= 4 is 55.0 Å². The Kier molecular flexibility index (Phi) is 15.3. The topological polar surface area (TPSA) is 252 Å². The second-order valence-electron chi connectivity index (χ2n) is 20.9. The van der Waals surface area contributed by atoms with E-state index in [4.69, 9.17) is 34.9 Å². The van der Waals surface area contributed by atoms with Crippen molar-refractivity contribution in [2.24, 2.45) is 5.92 Å². The summed E-state index contributed by atoms with van der Waals surface area (Å²) in [5, 5.41) is 47.7. The molecule has 4 aromatic heterocycles. The van der Waals surface area contributed by atoms with E-state index in [0.717, 1.165) is 42.0 Å². The van der Waals surface area contributed by atoms with Gasteiger partial charge in [-0.3, -0.25) is 14.6 Å². The number of aliphatic hydroxyl groups excluding tert-OH is 2. The number of fused-ring (bicyclic) bond motifs is 4. The zero-order valence-corrected chi connectivity index (χ0v) is 45.3. The van der Waals surface area contributed by atoms with Crippen LogP contribution in [0.3, 0.4) is 0 Å². The lowest BCUT2D eigenvalue weighted by molar-refractivity contribution is -0.142. The van der Waals surface area contributed by atoms with Crippen molar-refractivity contribution in [2.75, 3.05) is 50.6 Å². The summed E-state index contributed by atoms with van der Waals surface area (Å²) in [4.78, 5) is 46.9. The third-order valence-electron chi connectivity index (χ3n) is 15.3. The molecule has 19 nitrogen and oxygen atoms in total. The van der Waals surface area contributed by atoms with Crippen LogP contribution in [0.5, 0.6) is 11.8 Å². The Balaban J connectivity index is 0.850. The van der Waals surface area contributed by atoms with Gasteiger partial charge in [-0.1, -0.05) is 73.7 Å². The van der Waals surface area contributed by atoms with Gasteiger partial charge >= 0.3 is 6.01 Å². The van der Waals surface area contributed by atoms with Crippen molar-refractivity contribution in [3.63, 3.8) is 0 Å². The number of carbonyl (C=O) groups is 2. The van der Waals surface area contributed by atoms with Crippen LogP contribution in [-0.2, 0) is 20.9 Å². The van der Waals surface area contributed by atoms with Crippen molar-refractivity contribution in [3.05, 3.63) is 125 Å². The normalized spacial score (nSPS) is 18.9. The summed E-state index contributed by atoms with van der Waals surface area (Å²) in [6, 6.07) is 19.6. The largest absolute Gasteiger partial charge is 0.484 e. The van der Waals surface area contributed by atoms with E-state index >= 15 is 4.39 Å². The summed E-state index contributed by atoms with van der Waals surface area (Å²) < 4.78 is 64.6. The number of nitrogen functional groups attached to an aromatic ring is 1. The second kappa shape index (κ2) is 22.7. The van der Waals surface area contributed by atoms with E-state index in [1.165, 1.54) is 33.8 Å². The van der Waals surface area contributed by atoms with Gasteiger partial charge in [0, 0.05) is 68.0 Å². The van der Waals surface area contributed by atoms with E-state index < -0.39 is 60.1 Å². The molecule has 0 spiro atoms. The summed E-state index contributed by atoms with van der Waals surface area (Å²) in [5.74, 6) is -2.56. The van der Waals surface area contributed by atoms with Gasteiger partial charge in [0.1, 0.15) is 76.5 Å². The van der Waals surface area contributed by atoms with Crippen LogP contribution in [-0.4, -0.2) is 127 Å². The van der Waals surface area contributed by atoms with Crippen molar-refractivity contribution in [2.45, 2.75) is 82.6 Å². The molecular weight excluding hydrogens is 1070 g/mol. The number of anilines is 2. The molecule has 23 heteroatoms. The van der Waals surface area contributed by atoms with E-state index in [2.05, 4.69) is 31.9 Å². The van der Waals surface area contributed by atoms with E-state index in [-0.39, 0.29) is 88.4 Å². The first-order valence-corrected chi connectivity index (χ1v) is 27.3. The molecule has 7 heterocycles. The molecule has 8 aromatic rings. The number of nitrogens with zero attached hydrogens (tertiary/aromatic N) is 9. The van der Waals surface area contributed by atoms with Crippen LogP contribution in [0.15, 0.2) is 91.3 Å². The highest BCUT2D eigenvalue weighted by molar-refractivity contribution is 7.23. The molecule has 11 rings (SSSR count). The minimum atomic E-state index is -1.10. The number of nitriles is 1. The summed E-state index contributed by atoms with van der Waals surface area (Å²) in [6.45, 7) is 6.54. The molecule has 0 saturated carbocycles. The number of likely N-dealkylation sites (tertiary alicyclic amines) is 1. The molecule has 3 aliphatic rings. The van der Waals surface area contributed by atoms with E-state index in [1.807, 2.05) is 45.0 Å². The third-order valence-corrected chi connectivity index (χ3v) is 16.3. The van der Waals surface area contributed by atoms with Crippen molar-refractivity contribution in [1.29, 1.82) is 5.26 Å². The van der Waals surface area contributed by atoms with Gasteiger partial charge in [-0.15, -0.1) is 16.4 Å². The van der Waals surface area contributed by atoms with Gasteiger partial charge in [0.15, 0.2) is 5.75 Å². The number of aromatic nitrogens is 6. The van der Waals surface area contributed by atoms with Crippen LogP contribution in [0, 0.1) is 34.7 Å². The summed E-state index contributed by atoms with van der Waals surface area (Å²) in [6.07, 6.45) is 2.92. The fraction of sp³-hybridized carbons (Fsp3) is 0.345. The van der Waals surface area contributed by atoms with Gasteiger partial charge in [-0.25, -0.2) is 17.9 Å². The molecule has 7 atom stereocenters. The number of halogens is 3. The number of amides is 2. The molecule has 0 unspecified atom stereocenters. The first kappa shape index (κ1) is 54.7. The van der Waals surface area contributed by atoms with Crippen LogP contribution in [0.25, 0.3) is 54.6 Å². The minimum Gasteiger partial charge on any atom is -0.484 e. The van der Waals surface area contributed by atoms with Gasteiger partial charge in [-0.05, 0) is 60.2 Å². The Morgan fingerprint density at radius 2 is 1.72 bits per heavy atom. The number of pyridine rings is 1. The molecule has 6 N–H and O–H groups in total. The SMILES string of the molecule is CO[C@@H](C)COc1nc(N2C[C@@H]3C[C@H]2CN3)c2cnc(-c3ccc(F)c4sc(N)c(C#N)c34)c(OCc3ccc(-c4cn([C@H](C(=O)N5C[C@H](O)C[C@H]5C(=O)N[C@@H](CO)c5ccc(-c6c(F)cccc6F)cc5)C(C)C)nn4)cc3)c2n1. The number of aliphatic hydroxyl groups is 2. The summed E-state index contributed by atoms with van der Waals surface area (Å²) in [7, 11) is 1.59. The number of hydrogen-bond acceptors (Lipinski definition) is 17. The number of thiophene rings is 1. The van der Waals surface area contributed by atoms with Crippen LogP contribution in [0.2, 0.25) is 0 Å². The Morgan fingerprint density at radius 3 is 2.40 bits per heavy atom. The predicted molar refractivity (Wildman–Crippen MR) is 296 cm³/mol. The Morgan fingerprint density at radius 1 is 0.963 bits per heavy atom. The Labute approximate surface area is 467 Å². The van der Waals surface area contributed by atoms with Crippen molar-refractivity contribution in [3.8, 4) is 51.5 Å². The van der Waals surface area contributed by atoms with Gasteiger partial charge < -0.3 is 50.6 Å². The second-order valence-corrected chi connectivity index (χ2v) is 22.0. The lowest BCUT2D eigenvalue weighted by Crippen LogP contribution is -2.50. The maximum atomic E-state index is 15.5. The van der Waals surface area contributed by atoms with Crippen LogP contribution >= 0.6 is 11.3 Å². The summed E-state index contributed by atoms with van der Waals surface area (Å²) in [5.41, 5.74) is 9.87. The molecule has 3 fully saturated rings. The zero-order chi connectivity index (χ0) is 56.8. The smallest absolute Gasteiger partial charge is 0.319 e. The Hall–Kier alpha value is -8.27. The molecule has 0 radical (unpaired) electrons. The number of methoxy groups -OCH3 is 1. The Bertz CT molecular complexity index is 3710. The highest BCUT2D eigenvalue weighted by Gasteiger charge is 2.44. The fourth-order valence-electron chi connectivity index (χ4n) is 11.0. The molecule has 0 aliphatic carbocycles. The van der Waals surface area contributed by atoms with E-state index in [9.17, 15) is 33.8 Å². The molecule has 3 aliphatic heterocycles. The molecular formula is C58H57F3N12O7S. The molecule has 81 heavy (non-hydrogen) atoms.